The maximum absolute atomic E-state index is 10.7. The van der Waals surface area contributed by atoms with Gasteiger partial charge in [0.1, 0.15) is 6.61 Å². The average Bonchev–Trinajstić information content (AvgIpc) is 2.25. The van der Waals surface area contributed by atoms with Crippen LogP contribution in [-0.2, 0) is 4.79 Å². The minimum absolute atomic E-state index is 0.0927. The zero-order chi connectivity index (χ0) is 13.0. The average molecular weight is 258 g/mol. The number of hydrogen-bond donors (Lipinski definition) is 1. The Morgan fingerprint density at radius 1 is 1.59 bits per heavy atom. The Morgan fingerprint density at radius 3 is 2.76 bits per heavy atom. The molecular weight excluding hydrogens is 250 g/mol. The van der Waals surface area contributed by atoms with Gasteiger partial charge in [-0.2, -0.15) is 0 Å². The van der Waals surface area contributed by atoms with Gasteiger partial charge >= 0.3 is 11.7 Å². The number of benzene rings is 1. The molecule has 0 unspecified atom stereocenters. The predicted octanol–water partition coefficient (Wildman–Crippen LogP) is 2.27. The van der Waals surface area contributed by atoms with Crippen molar-refractivity contribution >= 4 is 23.3 Å². The predicted molar refractivity (Wildman–Crippen MR) is 60.4 cm³/mol. The van der Waals surface area contributed by atoms with E-state index >= 15 is 0 Å². The summed E-state index contributed by atoms with van der Waals surface area (Å²) in [6, 6.07) is 3.77. The smallest absolute Gasteiger partial charge is 0.334 e. The van der Waals surface area contributed by atoms with E-state index in [0.29, 0.717) is 0 Å². The molecule has 1 rings (SSSR count). The Bertz CT molecular complexity index is 486. The number of nitro groups is 1. The first-order valence-electron chi connectivity index (χ1n) is 4.39. The van der Waals surface area contributed by atoms with Crippen molar-refractivity contribution in [3.8, 4) is 5.75 Å². The molecule has 0 heterocycles. The van der Waals surface area contributed by atoms with Crippen LogP contribution in [0.25, 0.3) is 0 Å². The van der Waals surface area contributed by atoms with Crippen LogP contribution in [0.1, 0.15) is 0 Å². The maximum Gasteiger partial charge on any atom is 0.334 e. The Hall–Kier alpha value is -2.08. The number of carboxylic acids is 1. The van der Waals surface area contributed by atoms with Gasteiger partial charge in [-0.25, -0.2) is 4.79 Å². The minimum Gasteiger partial charge on any atom is -0.482 e. The Labute approximate surface area is 101 Å². The fraction of sp³-hybridized carbons (Fsp3) is 0.100. The number of hydrogen-bond acceptors (Lipinski definition) is 4. The molecule has 1 aromatic carbocycles. The van der Waals surface area contributed by atoms with E-state index in [-0.39, 0.29) is 28.6 Å². The standard InChI is InChI=1S/C10H8ClNO5/c1-6(10(13)14)5-17-9-4-7(11)2-3-8(9)12(15)16/h2-4H,1,5H2,(H,13,14). The molecule has 1 aromatic rings. The molecule has 0 fully saturated rings. The van der Waals surface area contributed by atoms with Crippen molar-refractivity contribution in [2.75, 3.05) is 6.61 Å². The summed E-state index contributed by atoms with van der Waals surface area (Å²) >= 11 is 5.66. The van der Waals surface area contributed by atoms with Gasteiger partial charge in [-0.05, 0) is 6.07 Å². The lowest BCUT2D eigenvalue weighted by Gasteiger charge is -2.06. The van der Waals surface area contributed by atoms with Gasteiger partial charge in [0.05, 0.1) is 10.5 Å². The molecule has 0 atom stereocenters. The molecule has 0 aromatic heterocycles. The molecule has 6 nitrogen and oxygen atoms in total. The van der Waals surface area contributed by atoms with Gasteiger partial charge in [-0.3, -0.25) is 10.1 Å². The van der Waals surface area contributed by atoms with Gasteiger partial charge in [-0.1, -0.05) is 18.2 Å². The number of aliphatic carboxylic acids is 1. The third-order valence-corrected chi connectivity index (χ3v) is 2.06. The third-order valence-electron chi connectivity index (χ3n) is 1.82. The van der Waals surface area contributed by atoms with Crippen LogP contribution in [0.4, 0.5) is 5.69 Å². The molecule has 7 heteroatoms. The van der Waals surface area contributed by atoms with Crippen LogP contribution in [0.5, 0.6) is 5.75 Å². The molecule has 0 saturated carbocycles. The van der Waals surface area contributed by atoms with E-state index in [4.69, 9.17) is 21.4 Å². The zero-order valence-electron chi connectivity index (χ0n) is 8.55. The molecule has 0 bridgehead atoms. The summed E-state index contributed by atoms with van der Waals surface area (Å²) in [4.78, 5) is 20.5. The molecule has 0 radical (unpaired) electrons. The normalized spacial score (nSPS) is 9.71. The Morgan fingerprint density at radius 2 is 2.24 bits per heavy atom. The number of nitro benzene ring substituents is 1. The first-order chi connectivity index (χ1) is 7.91. The molecule has 1 N–H and O–H groups in total. The van der Waals surface area contributed by atoms with Crippen molar-refractivity contribution in [3.63, 3.8) is 0 Å². The van der Waals surface area contributed by atoms with E-state index in [1.165, 1.54) is 18.2 Å². The largest absolute Gasteiger partial charge is 0.482 e. The van der Waals surface area contributed by atoms with Crippen LogP contribution in [0, 0.1) is 10.1 Å². The van der Waals surface area contributed by atoms with Crippen LogP contribution in [0.3, 0.4) is 0 Å². The highest BCUT2D eigenvalue weighted by atomic mass is 35.5. The third kappa shape index (κ3) is 3.46. The summed E-state index contributed by atoms with van der Waals surface area (Å²) in [6.45, 7) is 2.89. The number of ether oxygens (including phenoxy) is 1. The number of nitrogens with zero attached hydrogens (tertiary/aromatic N) is 1. The summed E-state index contributed by atoms with van der Waals surface area (Å²) in [5.41, 5.74) is -0.494. The topological polar surface area (TPSA) is 89.7 Å². The highest BCUT2D eigenvalue weighted by Gasteiger charge is 2.16. The van der Waals surface area contributed by atoms with Gasteiger partial charge in [0.15, 0.2) is 5.75 Å². The SMILES string of the molecule is C=C(COc1cc(Cl)ccc1[N+](=O)[O-])C(=O)O. The Kier molecular flexibility index (Phi) is 4.06. The van der Waals surface area contributed by atoms with Crippen LogP contribution >= 0.6 is 11.6 Å². The van der Waals surface area contributed by atoms with Crippen LogP contribution in [-0.4, -0.2) is 22.6 Å². The van der Waals surface area contributed by atoms with Gasteiger partial charge in [-0.15, -0.1) is 0 Å². The van der Waals surface area contributed by atoms with E-state index in [9.17, 15) is 14.9 Å². The quantitative estimate of drug-likeness (QED) is 0.496. The van der Waals surface area contributed by atoms with Crippen molar-refractivity contribution < 1.29 is 19.6 Å². The summed E-state index contributed by atoms with van der Waals surface area (Å²) in [5, 5.41) is 19.5. The van der Waals surface area contributed by atoms with Crippen molar-refractivity contribution in [2.45, 2.75) is 0 Å². The van der Waals surface area contributed by atoms with Crippen molar-refractivity contribution in [1.29, 1.82) is 0 Å². The summed E-state index contributed by atoms with van der Waals surface area (Å²) < 4.78 is 5.00. The maximum atomic E-state index is 10.7. The molecule has 0 spiro atoms. The van der Waals surface area contributed by atoms with Crippen LogP contribution in [0.15, 0.2) is 30.4 Å². The lowest BCUT2D eigenvalue weighted by molar-refractivity contribution is -0.385. The second-order valence-corrected chi connectivity index (χ2v) is 3.50. The molecule has 0 aliphatic heterocycles. The molecule has 90 valence electrons. The molecule has 0 amide bonds. The molecule has 0 aliphatic rings. The van der Waals surface area contributed by atoms with Gasteiger partial charge in [0.2, 0.25) is 0 Å². The molecule has 0 saturated heterocycles. The second-order valence-electron chi connectivity index (χ2n) is 3.07. The van der Waals surface area contributed by atoms with Gasteiger partial charge in [0.25, 0.3) is 0 Å². The van der Waals surface area contributed by atoms with E-state index in [1.54, 1.807) is 0 Å². The second kappa shape index (κ2) is 5.31. The first-order valence-corrected chi connectivity index (χ1v) is 4.77. The lowest BCUT2D eigenvalue weighted by atomic mass is 10.3. The van der Waals surface area contributed by atoms with Crippen molar-refractivity contribution in [2.24, 2.45) is 0 Å². The van der Waals surface area contributed by atoms with Crippen molar-refractivity contribution in [3.05, 3.63) is 45.5 Å². The fourth-order valence-electron chi connectivity index (χ4n) is 0.981. The molecular formula is C10H8ClNO5. The number of rotatable bonds is 5. The van der Waals surface area contributed by atoms with Crippen LogP contribution < -0.4 is 4.74 Å². The number of halogens is 1. The molecule has 17 heavy (non-hydrogen) atoms. The highest BCUT2D eigenvalue weighted by Crippen LogP contribution is 2.30. The van der Waals surface area contributed by atoms with E-state index in [2.05, 4.69) is 6.58 Å². The van der Waals surface area contributed by atoms with Gasteiger partial charge in [0, 0.05) is 17.2 Å². The van der Waals surface area contributed by atoms with Crippen LogP contribution in [0.2, 0.25) is 5.02 Å². The Balaban J connectivity index is 2.89. The monoisotopic (exact) mass is 257 g/mol. The molecule has 0 aliphatic carbocycles. The summed E-state index contributed by atoms with van der Waals surface area (Å²) in [6.07, 6.45) is 0. The minimum atomic E-state index is -1.23. The number of carbonyl (C=O) groups is 1. The summed E-state index contributed by atoms with van der Waals surface area (Å²) in [5.74, 6) is -1.32. The van der Waals surface area contributed by atoms with E-state index in [0.717, 1.165) is 0 Å². The highest BCUT2D eigenvalue weighted by molar-refractivity contribution is 6.30. The summed E-state index contributed by atoms with van der Waals surface area (Å²) in [7, 11) is 0. The van der Waals surface area contributed by atoms with E-state index in [1.807, 2.05) is 0 Å². The fourth-order valence-corrected chi connectivity index (χ4v) is 1.14. The van der Waals surface area contributed by atoms with Gasteiger partial charge < -0.3 is 9.84 Å². The van der Waals surface area contributed by atoms with Crippen molar-refractivity contribution in [1.82, 2.24) is 0 Å². The zero-order valence-corrected chi connectivity index (χ0v) is 9.31. The van der Waals surface area contributed by atoms with E-state index < -0.39 is 10.9 Å². The lowest BCUT2D eigenvalue weighted by Crippen LogP contribution is -2.09. The number of carboxylic acid groups (broad SMARTS) is 1. The first kappa shape index (κ1) is 13.0.